The highest BCUT2D eigenvalue weighted by Crippen LogP contribution is 2.26. The van der Waals surface area contributed by atoms with Gasteiger partial charge in [0.05, 0.1) is 13.2 Å². The van der Waals surface area contributed by atoms with E-state index in [0.29, 0.717) is 6.42 Å². The molecular formula is C23H23NO2. The highest BCUT2D eigenvalue weighted by Gasteiger charge is 2.17. The number of nitrogens with one attached hydrogen (secondary N) is 1. The number of anilines is 1. The number of rotatable bonds is 7. The number of aryl methyl sites for hydroxylation is 1. The predicted octanol–water partition coefficient (Wildman–Crippen LogP) is 5.43. The van der Waals surface area contributed by atoms with Gasteiger partial charge in [0.1, 0.15) is 5.75 Å². The Hall–Kier alpha value is -3.07. The first-order chi connectivity index (χ1) is 12.7. The van der Waals surface area contributed by atoms with E-state index in [4.69, 9.17) is 4.74 Å². The van der Waals surface area contributed by atoms with Crippen molar-refractivity contribution in [1.29, 1.82) is 0 Å². The maximum atomic E-state index is 12.7. The van der Waals surface area contributed by atoms with Gasteiger partial charge in [0.2, 0.25) is 0 Å². The van der Waals surface area contributed by atoms with Crippen LogP contribution in [0.1, 0.15) is 33.9 Å². The molecule has 0 aromatic heterocycles. The number of carbonyl (C=O) groups excluding carboxylic acids is 1. The normalized spacial score (nSPS) is 11.6. The lowest BCUT2D eigenvalue weighted by Gasteiger charge is -2.20. The molecule has 26 heavy (non-hydrogen) atoms. The van der Waals surface area contributed by atoms with E-state index < -0.39 is 0 Å². The molecule has 0 bridgehead atoms. The second-order valence-electron chi connectivity index (χ2n) is 6.33. The first-order valence-corrected chi connectivity index (χ1v) is 8.71. The third-order valence-electron chi connectivity index (χ3n) is 4.40. The van der Waals surface area contributed by atoms with Crippen molar-refractivity contribution < 1.29 is 9.53 Å². The van der Waals surface area contributed by atoms with Crippen LogP contribution in [0.25, 0.3) is 0 Å². The van der Waals surface area contributed by atoms with Gasteiger partial charge >= 0.3 is 0 Å². The summed E-state index contributed by atoms with van der Waals surface area (Å²) in [5, 5.41) is 3.49. The lowest BCUT2D eigenvalue weighted by molar-refractivity contribution is 0.0976. The van der Waals surface area contributed by atoms with Crippen LogP contribution in [0.15, 0.2) is 78.9 Å². The van der Waals surface area contributed by atoms with Crippen molar-refractivity contribution in [3.8, 4) is 5.75 Å². The van der Waals surface area contributed by atoms with Crippen molar-refractivity contribution in [2.24, 2.45) is 0 Å². The smallest absolute Gasteiger partial charge is 0.165 e. The molecule has 0 aliphatic heterocycles. The van der Waals surface area contributed by atoms with Crippen LogP contribution in [0, 0.1) is 6.92 Å². The molecule has 0 spiro atoms. The second-order valence-corrected chi connectivity index (χ2v) is 6.33. The number of methoxy groups -OCH3 is 1. The molecule has 0 fully saturated rings. The molecule has 0 aliphatic carbocycles. The lowest BCUT2D eigenvalue weighted by atomic mass is 9.97. The van der Waals surface area contributed by atoms with Crippen molar-refractivity contribution in [1.82, 2.24) is 0 Å². The average molecular weight is 345 g/mol. The van der Waals surface area contributed by atoms with Gasteiger partial charge in [0.15, 0.2) is 5.78 Å². The highest BCUT2D eigenvalue weighted by molar-refractivity contribution is 5.96. The van der Waals surface area contributed by atoms with Crippen molar-refractivity contribution >= 4 is 11.5 Å². The summed E-state index contributed by atoms with van der Waals surface area (Å²) in [6.45, 7) is 2.06. The van der Waals surface area contributed by atoms with E-state index in [1.54, 1.807) is 7.11 Å². The van der Waals surface area contributed by atoms with Crippen molar-refractivity contribution in [3.05, 3.63) is 95.6 Å². The van der Waals surface area contributed by atoms with Crippen molar-refractivity contribution in [2.45, 2.75) is 19.4 Å². The largest absolute Gasteiger partial charge is 0.497 e. The fourth-order valence-electron chi connectivity index (χ4n) is 2.87. The van der Waals surface area contributed by atoms with Gasteiger partial charge in [-0.1, -0.05) is 60.2 Å². The van der Waals surface area contributed by atoms with Crippen LogP contribution >= 0.6 is 0 Å². The maximum Gasteiger partial charge on any atom is 0.165 e. The van der Waals surface area contributed by atoms with Crippen LogP contribution in [0.2, 0.25) is 0 Å². The standard InChI is InChI=1S/C23H23NO2/c1-17-8-10-18(11-9-17)22(16-23(25)19-6-4-3-5-7-19)24-20-12-14-21(26-2)15-13-20/h3-15,22,24H,16H2,1-2H3. The van der Waals surface area contributed by atoms with Gasteiger partial charge in [0, 0.05) is 17.7 Å². The van der Waals surface area contributed by atoms with Gasteiger partial charge in [-0.05, 0) is 36.8 Å². The minimum atomic E-state index is -0.100. The lowest BCUT2D eigenvalue weighted by Crippen LogP contribution is -2.16. The Labute approximate surface area is 154 Å². The van der Waals surface area contributed by atoms with Gasteiger partial charge in [-0.15, -0.1) is 0 Å². The van der Waals surface area contributed by atoms with Gasteiger partial charge in [-0.2, -0.15) is 0 Å². The van der Waals surface area contributed by atoms with Crippen LogP contribution in [0.5, 0.6) is 5.75 Å². The molecule has 1 atom stereocenters. The van der Waals surface area contributed by atoms with E-state index in [2.05, 4.69) is 36.5 Å². The summed E-state index contributed by atoms with van der Waals surface area (Å²) in [4.78, 5) is 12.7. The van der Waals surface area contributed by atoms with Gasteiger partial charge in [-0.25, -0.2) is 0 Å². The molecule has 0 aliphatic rings. The zero-order valence-corrected chi connectivity index (χ0v) is 15.1. The summed E-state index contributed by atoms with van der Waals surface area (Å²) in [7, 11) is 1.65. The summed E-state index contributed by atoms with van der Waals surface area (Å²) in [6, 6.07) is 25.4. The third kappa shape index (κ3) is 4.51. The first kappa shape index (κ1) is 17.7. The number of hydrogen-bond donors (Lipinski definition) is 1. The second kappa shape index (κ2) is 8.34. The quantitative estimate of drug-likeness (QED) is 0.580. The molecule has 0 radical (unpaired) electrons. The molecule has 0 amide bonds. The Morgan fingerprint density at radius 3 is 2.19 bits per heavy atom. The van der Waals surface area contributed by atoms with Crippen LogP contribution in [-0.4, -0.2) is 12.9 Å². The summed E-state index contributed by atoms with van der Waals surface area (Å²) < 4.78 is 5.21. The van der Waals surface area contributed by atoms with Crippen LogP contribution in [0.4, 0.5) is 5.69 Å². The molecule has 3 nitrogen and oxygen atoms in total. The van der Waals surface area contributed by atoms with E-state index in [-0.39, 0.29) is 11.8 Å². The summed E-state index contributed by atoms with van der Waals surface area (Å²) in [6.07, 6.45) is 0.388. The molecule has 3 aromatic carbocycles. The van der Waals surface area contributed by atoms with Crippen LogP contribution in [-0.2, 0) is 0 Å². The SMILES string of the molecule is COc1ccc(NC(CC(=O)c2ccccc2)c2ccc(C)cc2)cc1. The first-order valence-electron chi connectivity index (χ1n) is 8.71. The average Bonchev–Trinajstić information content (AvgIpc) is 2.69. The molecule has 1 unspecified atom stereocenters. The van der Waals surface area contributed by atoms with Crippen molar-refractivity contribution in [2.75, 3.05) is 12.4 Å². The molecule has 0 saturated heterocycles. The van der Waals surface area contributed by atoms with Gasteiger partial charge in [0.25, 0.3) is 0 Å². The third-order valence-corrected chi connectivity index (χ3v) is 4.40. The topological polar surface area (TPSA) is 38.3 Å². The Bertz CT molecular complexity index is 840. The van der Waals surface area contributed by atoms with Crippen molar-refractivity contribution in [3.63, 3.8) is 0 Å². The molecule has 1 N–H and O–H groups in total. The highest BCUT2D eigenvalue weighted by atomic mass is 16.5. The number of ether oxygens (including phenoxy) is 1. The minimum Gasteiger partial charge on any atom is -0.497 e. The fourth-order valence-corrected chi connectivity index (χ4v) is 2.87. The zero-order chi connectivity index (χ0) is 18.4. The molecular weight excluding hydrogens is 322 g/mol. The Balaban J connectivity index is 1.83. The molecule has 0 saturated carbocycles. The van der Waals surface area contributed by atoms with Gasteiger partial charge in [-0.3, -0.25) is 4.79 Å². The number of carbonyl (C=O) groups is 1. The minimum absolute atomic E-state index is 0.100. The summed E-state index contributed by atoms with van der Waals surface area (Å²) >= 11 is 0. The van der Waals surface area contributed by atoms with Crippen LogP contribution in [0.3, 0.4) is 0 Å². The molecule has 3 rings (SSSR count). The Kier molecular flexibility index (Phi) is 5.69. The molecule has 132 valence electrons. The summed E-state index contributed by atoms with van der Waals surface area (Å²) in [5.74, 6) is 0.931. The van der Waals surface area contributed by atoms with E-state index in [1.165, 1.54) is 5.56 Å². The monoisotopic (exact) mass is 345 g/mol. The number of benzene rings is 3. The molecule has 0 heterocycles. The van der Waals surface area contributed by atoms with E-state index in [1.807, 2.05) is 54.6 Å². The van der Waals surface area contributed by atoms with E-state index in [9.17, 15) is 4.79 Å². The van der Waals surface area contributed by atoms with E-state index in [0.717, 1.165) is 22.6 Å². The molecule has 3 heteroatoms. The van der Waals surface area contributed by atoms with Crippen LogP contribution < -0.4 is 10.1 Å². The number of hydrogen-bond acceptors (Lipinski definition) is 3. The Morgan fingerprint density at radius 1 is 0.923 bits per heavy atom. The number of Topliss-reactive ketones (excluding diaryl/α,β-unsaturated/α-hetero) is 1. The maximum absolute atomic E-state index is 12.7. The predicted molar refractivity (Wildman–Crippen MR) is 106 cm³/mol. The van der Waals surface area contributed by atoms with E-state index >= 15 is 0 Å². The molecule has 3 aromatic rings. The fraction of sp³-hybridized carbons (Fsp3) is 0.174. The summed E-state index contributed by atoms with van der Waals surface area (Å²) in [5.41, 5.74) is 3.99. The zero-order valence-electron chi connectivity index (χ0n) is 15.1. The van der Waals surface area contributed by atoms with Gasteiger partial charge < -0.3 is 10.1 Å². The number of ketones is 1. The Morgan fingerprint density at radius 2 is 1.58 bits per heavy atom.